The molecule has 0 amide bonds. The van der Waals surface area contributed by atoms with Crippen LogP contribution < -0.4 is 19.3 Å². The SMILES string of the molecule is CC(C)(C)C(c1ccccc1OC1(Oc2ccccc2C(C(C)(C)C)C(C)(C)C)CCCC2(CCCCC2)C1([P+](=O)[O-])[P+](=O)[O-])C(C)(C)C. The molecule has 2 atom stereocenters. The van der Waals surface area contributed by atoms with E-state index in [1.54, 1.807) is 0 Å². The van der Waals surface area contributed by atoms with Crippen molar-refractivity contribution in [1.82, 2.24) is 0 Å². The van der Waals surface area contributed by atoms with Crippen molar-refractivity contribution >= 4 is 16.1 Å². The zero-order valence-electron chi connectivity index (χ0n) is 32.3. The zero-order valence-corrected chi connectivity index (χ0v) is 34.1. The van der Waals surface area contributed by atoms with E-state index in [0.717, 1.165) is 30.4 Å². The Hall–Kier alpha value is -1.84. The Balaban J connectivity index is 2.11. The summed E-state index contributed by atoms with van der Waals surface area (Å²) in [6, 6.07) is 15.5. The highest BCUT2D eigenvalue weighted by atomic mass is 31.2. The predicted octanol–water partition coefficient (Wildman–Crippen LogP) is 11.2. The van der Waals surface area contributed by atoms with E-state index < -0.39 is 32.2 Å². The van der Waals surface area contributed by atoms with Crippen molar-refractivity contribution in [3.63, 3.8) is 0 Å². The molecular weight excluding hydrogens is 650 g/mol. The van der Waals surface area contributed by atoms with Crippen LogP contribution in [0.5, 0.6) is 11.5 Å². The quantitative estimate of drug-likeness (QED) is 0.200. The number of ether oxygens (including phenoxy) is 2. The third kappa shape index (κ3) is 7.42. The molecule has 2 unspecified atom stereocenters. The highest BCUT2D eigenvalue weighted by Gasteiger charge is 2.86. The minimum absolute atomic E-state index is 0.00430. The highest BCUT2D eigenvalue weighted by molar-refractivity contribution is 7.58. The van der Waals surface area contributed by atoms with Crippen LogP contribution in [0.15, 0.2) is 48.5 Å². The largest absolute Gasteiger partial charge is 0.591 e. The minimum Gasteiger partial charge on any atom is -0.591 e. The smallest absolute Gasteiger partial charge is 0.420 e. The van der Waals surface area contributed by atoms with Crippen molar-refractivity contribution in [1.29, 1.82) is 0 Å². The normalized spacial score (nSPS) is 22.3. The summed E-state index contributed by atoms with van der Waals surface area (Å²) < 4.78 is 42.8. The second-order valence-corrected chi connectivity index (χ2v) is 22.0. The molecule has 0 N–H and O–H groups in total. The lowest BCUT2D eigenvalue weighted by atomic mass is 9.62. The average Bonchev–Trinajstić information content (AvgIpc) is 2.92. The van der Waals surface area contributed by atoms with Crippen molar-refractivity contribution in [2.45, 2.75) is 157 Å². The Kier molecular flexibility index (Phi) is 11.4. The molecule has 4 rings (SSSR count). The Morgan fingerprint density at radius 2 is 0.898 bits per heavy atom. The Morgan fingerprint density at radius 1 is 0.551 bits per heavy atom. The van der Waals surface area contributed by atoms with Crippen LogP contribution >= 0.6 is 16.1 Å². The monoisotopic (exact) mass is 712 g/mol. The molecule has 0 bridgehead atoms. The molecule has 0 radical (unpaired) electrons. The Morgan fingerprint density at radius 3 is 1.24 bits per heavy atom. The van der Waals surface area contributed by atoms with Crippen LogP contribution in [0.2, 0.25) is 0 Å². The summed E-state index contributed by atoms with van der Waals surface area (Å²) in [7, 11) is -7.16. The van der Waals surface area contributed by atoms with Crippen molar-refractivity contribution in [3.05, 3.63) is 59.7 Å². The van der Waals surface area contributed by atoms with Gasteiger partial charge in [-0.2, -0.15) is 0 Å². The van der Waals surface area contributed by atoms with E-state index in [1.165, 1.54) is 0 Å². The number of hydrogen-bond donors (Lipinski definition) is 0. The first-order valence-corrected chi connectivity index (χ1v) is 20.6. The third-order valence-corrected chi connectivity index (χ3v) is 14.9. The van der Waals surface area contributed by atoms with Gasteiger partial charge in [0.15, 0.2) is 0 Å². The minimum atomic E-state index is -3.58. The molecule has 2 aliphatic rings. The number of para-hydroxylation sites is 2. The molecule has 2 saturated carbocycles. The van der Waals surface area contributed by atoms with E-state index in [9.17, 15) is 18.9 Å². The van der Waals surface area contributed by atoms with E-state index in [2.05, 4.69) is 83.1 Å². The molecule has 0 aliphatic heterocycles. The molecule has 2 fully saturated rings. The lowest BCUT2D eigenvalue weighted by Gasteiger charge is -2.53. The fourth-order valence-corrected chi connectivity index (χ4v) is 13.6. The molecule has 1 spiro atoms. The van der Waals surface area contributed by atoms with Gasteiger partial charge in [-0.1, -0.05) is 148 Å². The average molecular weight is 713 g/mol. The van der Waals surface area contributed by atoms with E-state index in [-0.39, 0.29) is 39.9 Å². The number of hydrogen-bond acceptors (Lipinski definition) is 6. The van der Waals surface area contributed by atoms with E-state index in [1.807, 2.05) is 48.5 Å². The van der Waals surface area contributed by atoms with Crippen molar-refractivity contribution in [2.24, 2.45) is 27.1 Å². The summed E-state index contributed by atoms with van der Waals surface area (Å²) in [4.78, 5) is 26.0. The molecule has 272 valence electrons. The van der Waals surface area contributed by atoms with Crippen molar-refractivity contribution < 1.29 is 28.4 Å². The van der Waals surface area contributed by atoms with E-state index in [4.69, 9.17) is 9.47 Å². The summed E-state index contributed by atoms with van der Waals surface area (Å²) in [5.74, 6) is -1.08. The van der Waals surface area contributed by atoms with Crippen LogP contribution in [0, 0.1) is 27.1 Å². The molecule has 0 heterocycles. The van der Waals surface area contributed by atoms with Gasteiger partial charge in [-0.3, -0.25) is 0 Å². The van der Waals surface area contributed by atoms with Gasteiger partial charge in [-0.05, 0) is 82.4 Å². The van der Waals surface area contributed by atoms with Gasteiger partial charge in [0.25, 0.3) is 0 Å². The van der Waals surface area contributed by atoms with E-state index in [0.29, 0.717) is 37.2 Å². The first kappa shape index (κ1) is 39.9. The molecular formula is C41H62O6P2. The summed E-state index contributed by atoms with van der Waals surface area (Å²) in [5.41, 5.74) is 0.0535. The summed E-state index contributed by atoms with van der Waals surface area (Å²) in [5, 5.41) is 0. The maximum absolute atomic E-state index is 14.2. The first-order valence-electron chi connectivity index (χ1n) is 18.3. The van der Waals surface area contributed by atoms with Gasteiger partial charge in [0.1, 0.15) is 11.5 Å². The standard InChI is InChI=1S/C41H62O6P2/c1-35(2,3)33(36(4,5)6)29-21-14-16-23-31(29)46-40(47-32-24-17-15-22-30(32)34(37(7,8)9)38(10,11)12)28-20-27-39(25-18-13-19-26-39)41(40,48(42)43)49(44)45/h14-17,21-24,33-34H,13,18-20,25-28H2,1-12H3. The molecule has 2 aliphatic carbocycles. The number of rotatable bonds is 8. The highest BCUT2D eigenvalue weighted by Crippen LogP contribution is 2.73. The molecule has 0 aromatic heterocycles. The van der Waals surface area contributed by atoms with Gasteiger partial charge in [0.05, 0.1) is 5.41 Å². The van der Waals surface area contributed by atoms with Crippen molar-refractivity contribution in [3.8, 4) is 11.5 Å². The zero-order chi connectivity index (χ0) is 36.8. The summed E-state index contributed by atoms with van der Waals surface area (Å²) in [6.07, 6.45) is 4.68. The molecule has 6 nitrogen and oxygen atoms in total. The fraction of sp³-hybridized carbons (Fsp3) is 0.707. The molecule has 8 heteroatoms. The topological polar surface area (TPSA) is 98.7 Å². The van der Waals surface area contributed by atoms with Crippen LogP contribution in [0.3, 0.4) is 0 Å². The van der Waals surface area contributed by atoms with Crippen LogP contribution in [0.25, 0.3) is 0 Å². The molecule has 2 aromatic carbocycles. The van der Waals surface area contributed by atoms with Gasteiger partial charge >= 0.3 is 26.7 Å². The Bertz CT molecular complexity index is 1370. The lowest BCUT2D eigenvalue weighted by molar-refractivity contribution is -0.235. The maximum atomic E-state index is 14.2. The van der Waals surface area contributed by atoms with Gasteiger partial charge in [0.2, 0.25) is 0 Å². The van der Waals surface area contributed by atoms with Gasteiger partial charge in [-0.25, -0.2) is 0 Å². The summed E-state index contributed by atoms with van der Waals surface area (Å²) in [6.45, 7) is 26.4. The summed E-state index contributed by atoms with van der Waals surface area (Å²) >= 11 is 0. The van der Waals surface area contributed by atoms with Crippen LogP contribution in [0.4, 0.5) is 0 Å². The van der Waals surface area contributed by atoms with Crippen LogP contribution in [-0.2, 0) is 9.13 Å². The van der Waals surface area contributed by atoms with Gasteiger partial charge < -0.3 is 19.3 Å². The Labute approximate surface area is 298 Å². The maximum Gasteiger partial charge on any atom is 0.420 e. The lowest BCUT2D eigenvalue weighted by Crippen LogP contribution is -2.69. The van der Waals surface area contributed by atoms with Crippen molar-refractivity contribution in [2.75, 3.05) is 0 Å². The van der Waals surface area contributed by atoms with Gasteiger partial charge in [0, 0.05) is 6.42 Å². The second kappa shape index (κ2) is 13.9. The fourth-order valence-electron chi connectivity index (χ4n) is 10.7. The molecule has 0 saturated heterocycles. The number of benzene rings is 2. The van der Waals surface area contributed by atoms with Crippen LogP contribution in [0.1, 0.15) is 157 Å². The second-order valence-electron chi connectivity index (χ2n) is 19.2. The van der Waals surface area contributed by atoms with Gasteiger partial charge in [-0.15, -0.1) is 0 Å². The third-order valence-electron chi connectivity index (χ3n) is 11.2. The van der Waals surface area contributed by atoms with E-state index >= 15 is 0 Å². The molecule has 49 heavy (non-hydrogen) atoms. The predicted molar refractivity (Wildman–Crippen MR) is 197 cm³/mol. The van der Waals surface area contributed by atoms with Crippen LogP contribution in [-0.4, -0.2) is 10.7 Å². The first-order chi connectivity index (χ1) is 22.4. The molecule has 2 aromatic rings.